The summed E-state index contributed by atoms with van der Waals surface area (Å²) in [6.07, 6.45) is 5.29. The van der Waals surface area contributed by atoms with Gasteiger partial charge in [-0.1, -0.05) is 0 Å². The summed E-state index contributed by atoms with van der Waals surface area (Å²) in [6.45, 7) is 5.01. The average Bonchev–Trinajstić information content (AvgIpc) is 2.82. The van der Waals surface area contributed by atoms with Gasteiger partial charge in [-0.05, 0) is 56.1 Å². The smallest absolute Gasteiger partial charge is 0.271 e. The van der Waals surface area contributed by atoms with Crippen LogP contribution >= 0.6 is 11.3 Å². The molecule has 2 aromatic heterocycles. The van der Waals surface area contributed by atoms with Gasteiger partial charge >= 0.3 is 0 Å². The van der Waals surface area contributed by atoms with Crippen molar-refractivity contribution in [2.24, 2.45) is 5.92 Å². The molecular formula is C14H19N3OS. The highest BCUT2D eigenvalue weighted by Crippen LogP contribution is 2.20. The molecule has 0 radical (unpaired) electrons. The lowest BCUT2D eigenvalue weighted by molar-refractivity contribution is 0.340. The largest absolute Gasteiger partial charge is 0.316 e. The lowest BCUT2D eigenvalue weighted by Gasteiger charge is -2.22. The van der Waals surface area contributed by atoms with E-state index in [0.29, 0.717) is 5.92 Å². The number of fused-ring (bicyclic) bond motifs is 1. The molecular weight excluding hydrogens is 258 g/mol. The van der Waals surface area contributed by atoms with Gasteiger partial charge in [-0.3, -0.25) is 9.36 Å². The van der Waals surface area contributed by atoms with Gasteiger partial charge in [0.2, 0.25) is 0 Å². The van der Waals surface area contributed by atoms with Crippen LogP contribution in [0.1, 0.15) is 24.8 Å². The summed E-state index contributed by atoms with van der Waals surface area (Å²) in [5.74, 6) is 0.696. The van der Waals surface area contributed by atoms with E-state index in [1.165, 1.54) is 24.2 Å². The van der Waals surface area contributed by atoms with E-state index < -0.39 is 0 Å². The van der Waals surface area contributed by atoms with Crippen LogP contribution in [-0.2, 0) is 6.54 Å². The molecule has 0 spiro atoms. The normalized spacial score (nSPS) is 19.9. The molecule has 1 N–H and O–H groups in total. The average molecular weight is 277 g/mol. The Morgan fingerprint density at radius 3 is 3.26 bits per heavy atom. The van der Waals surface area contributed by atoms with Crippen LogP contribution < -0.4 is 10.9 Å². The van der Waals surface area contributed by atoms with Gasteiger partial charge in [0.1, 0.15) is 4.70 Å². The maximum absolute atomic E-state index is 12.3. The van der Waals surface area contributed by atoms with Crippen LogP contribution in [0.2, 0.25) is 0 Å². The van der Waals surface area contributed by atoms with Crippen molar-refractivity contribution in [3.8, 4) is 0 Å². The first-order valence-electron chi connectivity index (χ1n) is 6.89. The van der Waals surface area contributed by atoms with E-state index >= 15 is 0 Å². The molecule has 0 bridgehead atoms. The van der Waals surface area contributed by atoms with Crippen molar-refractivity contribution >= 4 is 21.6 Å². The van der Waals surface area contributed by atoms with Gasteiger partial charge in [-0.25, -0.2) is 4.98 Å². The Morgan fingerprint density at radius 1 is 1.58 bits per heavy atom. The second-order valence-electron chi connectivity index (χ2n) is 5.34. The van der Waals surface area contributed by atoms with Crippen LogP contribution in [-0.4, -0.2) is 22.6 Å². The Labute approximate surface area is 116 Å². The van der Waals surface area contributed by atoms with Crippen LogP contribution in [0.3, 0.4) is 0 Å². The first-order valence-corrected chi connectivity index (χ1v) is 7.77. The SMILES string of the molecule is Cc1csc2c(=O)n(CCC3CCCNC3)cnc12. The zero-order chi connectivity index (χ0) is 13.2. The molecule has 4 nitrogen and oxygen atoms in total. The molecule has 3 heterocycles. The lowest BCUT2D eigenvalue weighted by atomic mass is 9.96. The van der Waals surface area contributed by atoms with E-state index in [4.69, 9.17) is 0 Å². The van der Waals surface area contributed by atoms with E-state index in [-0.39, 0.29) is 5.56 Å². The standard InChI is InChI=1S/C14H19N3OS/c1-10-8-19-13-12(10)16-9-17(14(13)18)6-4-11-3-2-5-15-7-11/h8-9,11,15H,2-7H2,1H3. The van der Waals surface area contributed by atoms with Gasteiger partial charge < -0.3 is 5.32 Å². The van der Waals surface area contributed by atoms with Crippen molar-refractivity contribution in [2.45, 2.75) is 32.7 Å². The zero-order valence-corrected chi connectivity index (χ0v) is 12.0. The van der Waals surface area contributed by atoms with Crippen LogP contribution in [0.25, 0.3) is 10.2 Å². The Hall–Kier alpha value is -1.20. The summed E-state index contributed by atoms with van der Waals surface area (Å²) in [7, 11) is 0. The molecule has 19 heavy (non-hydrogen) atoms. The maximum atomic E-state index is 12.3. The van der Waals surface area contributed by atoms with Gasteiger partial charge in [0.25, 0.3) is 5.56 Å². The minimum absolute atomic E-state index is 0.117. The van der Waals surface area contributed by atoms with Crippen LogP contribution in [0.15, 0.2) is 16.5 Å². The van der Waals surface area contributed by atoms with Crippen LogP contribution in [0, 0.1) is 12.8 Å². The molecule has 0 aromatic carbocycles. The third-order valence-corrected chi connectivity index (χ3v) is 4.98. The number of nitrogens with zero attached hydrogens (tertiary/aromatic N) is 2. The first-order chi connectivity index (χ1) is 9.25. The number of rotatable bonds is 3. The Balaban J connectivity index is 1.77. The molecule has 102 valence electrons. The molecule has 0 saturated carbocycles. The molecule has 0 aliphatic carbocycles. The molecule has 1 saturated heterocycles. The molecule has 2 aromatic rings. The fourth-order valence-electron chi connectivity index (χ4n) is 2.71. The predicted molar refractivity (Wildman–Crippen MR) is 78.8 cm³/mol. The molecule has 5 heteroatoms. The molecule has 1 aliphatic rings. The van der Waals surface area contributed by atoms with Crippen LogP contribution in [0.4, 0.5) is 0 Å². The molecule has 0 amide bonds. The Morgan fingerprint density at radius 2 is 2.47 bits per heavy atom. The van der Waals surface area contributed by atoms with Gasteiger partial charge in [0.05, 0.1) is 11.8 Å². The highest BCUT2D eigenvalue weighted by molar-refractivity contribution is 7.17. The van der Waals surface area contributed by atoms with Gasteiger partial charge in [0, 0.05) is 6.54 Å². The number of thiophene rings is 1. The fraction of sp³-hybridized carbons (Fsp3) is 0.571. The maximum Gasteiger partial charge on any atom is 0.271 e. The Kier molecular flexibility index (Phi) is 3.66. The number of hydrogen-bond donors (Lipinski definition) is 1. The first kappa shape index (κ1) is 12.8. The van der Waals surface area contributed by atoms with E-state index in [1.807, 2.05) is 12.3 Å². The molecule has 1 aliphatic heterocycles. The summed E-state index contributed by atoms with van der Waals surface area (Å²) < 4.78 is 2.56. The summed E-state index contributed by atoms with van der Waals surface area (Å²) in [6, 6.07) is 0. The number of piperidine rings is 1. The van der Waals surface area contributed by atoms with Gasteiger partial charge in [-0.15, -0.1) is 11.3 Å². The summed E-state index contributed by atoms with van der Waals surface area (Å²) in [5.41, 5.74) is 2.08. The topological polar surface area (TPSA) is 46.9 Å². The minimum atomic E-state index is 0.117. The van der Waals surface area contributed by atoms with E-state index in [2.05, 4.69) is 10.3 Å². The number of nitrogens with one attached hydrogen (secondary N) is 1. The minimum Gasteiger partial charge on any atom is -0.316 e. The van der Waals surface area contributed by atoms with E-state index in [9.17, 15) is 4.79 Å². The van der Waals surface area contributed by atoms with E-state index in [1.54, 1.807) is 10.9 Å². The van der Waals surface area contributed by atoms with Crippen molar-refractivity contribution in [1.29, 1.82) is 0 Å². The van der Waals surface area contributed by atoms with Crippen LogP contribution in [0.5, 0.6) is 0 Å². The van der Waals surface area contributed by atoms with Crippen molar-refractivity contribution in [3.63, 3.8) is 0 Å². The quantitative estimate of drug-likeness (QED) is 0.935. The van der Waals surface area contributed by atoms with Gasteiger partial charge in [-0.2, -0.15) is 0 Å². The monoisotopic (exact) mass is 277 g/mol. The predicted octanol–water partition coefficient (Wildman–Crippen LogP) is 2.16. The Bertz CT molecular complexity index is 625. The molecule has 3 rings (SSSR count). The summed E-state index contributed by atoms with van der Waals surface area (Å²) in [5, 5.41) is 5.43. The highest BCUT2D eigenvalue weighted by atomic mass is 32.1. The number of aryl methyl sites for hydroxylation is 2. The zero-order valence-electron chi connectivity index (χ0n) is 11.2. The molecule has 1 unspecified atom stereocenters. The second-order valence-corrected chi connectivity index (χ2v) is 6.22. The number of hydrogen-bond acceptors (Lipinski definition) is 4. The molecule has 1 fully saturated rings. The molecule has 1 atom stereocenters. The lowest BCUT2D eigenvalue weighted by Crippen LogP contribution is -2.31. The number of aromatic nitrogens is 2. The third-order valence-electron chi connectivity index (χ3n) is 3.90. The second kappa shape index (κ2) is 5.43. The highest BCUT2D eigenvalue weighted by Gasteiger charge is 2.14. The summed E-state index contributed by atoms with van der Waals surface area (Å²) in [4.78, 5) is 16.8. The van der Waals surface area contributed by atoms with Crippen molar-refractivity contribution in [2.75, 3.05) is 13.1 Å². The third kappa shape index (κ3) is 2.58. The summed E-state index contributed by atoms with van der Waals surface area (Å²) >= 11 is 1.51. The van der Waals surface area contributed by atoms with Gasteiger partial charge in [0.15, 0.2) is 0 Å². The van der Waals surface area contributed by atoms with Crippen molar-refractivity contribution < 1.29 is 0 Å². The fourth-order valence-corrected chi connectivity index (χ4v) is 3.66. The van der Waals surface area contributed by atoms with Crippen molar-refractivity contribution in [1.82, 2.24) is 14.9 Å². The van der Waals surface area contributed by atoms with E-state index in [0.717, 1.165) is 41.8 Å². The van der Waals surface area contributed by atoms with Crippen molar-refractivity contribution in [3.05, 3.63) is 27.6 Å².